The van der Waals surface area contributed by atoms with E-state index in [-0.39, 0.29) is 0 Å². The highest BCUT2D eigenvalue weighted by atomic mass is 15.1. The van der Waals surface area contributed by atoms with E-state index in [1.807, 2.05) is 0 Å². The lowest BCUT2D eigenvalue weighted by Crippen LogP contribution is -2.46. The van der Waals surface area contributed by atoms with E-state index in [1.54, 1.807) is 6.42 Å². The first-order valence-corrected chi connectivity index (χ1v) is 8.61. The molecule has 4 aliphatic carbocycles. The third-order valence-electron chi connectivity index (χ3n) is 6.68. The maximum absolute atomic E-state index is 4.77. The third-order valence-corrected chi connectivity index (χ3v) is 6.68. The van der Waals surface area contributed by atoms with Crippen molar-refractivity contribution in [1.82, 2.24) is 14.9 Å². The minimum absolute atomic E-state index is 0.948. The van der Waals surface area contributed by atoms with Crippen LogP contribution in [0.4, 0.5) is 0 Å². The van der Waals surface area contributed by atoms with Gasteiger partial charge in [-0.05, 0) is 61.7 Å². The Labute approximate surface area is 121 Å². The van der Waals surface area contributed by atoms with Crippen LogP contribution in [0.25, 0.3) is 0 Å². The first-order valence-electron chi connectivity index (χ1n) is 8.61. The quantitative estimate of drug-likeness (QED) is 0.896. The molecule has 2 heterocycles. The Morgan fingerprint density at radius 3 is 2.60 bits per heavy atom. The summed E-state index contributed by atoms with van der Waals surface area (Å²) >= 11 is 0. The van der Waals surface area contributed by atoms with Gasteiger partial charge in [0.1, 0.15) is 5.82 Å². The van der Waals surface area contributed by atoms with Gasteiger partial charge in [0.05, 0.1) is 5.69 Å². The maximum Gasteiger partial charge on any atom is 0.109 e. The van der Waals surface area contributed by atoms with E-state index in [2.05, 4.69) is 16.1 Å². The second-order valence-corrected chi connectivity index (χ2v) is 7.79. The molecule has 4 fully saturated rings. The number of aromatic nitrogens is 2. The van der Waals surface area contributed by atoms with Crippen molar-refractivity contribution < 1.29 is 0 Å². The van der Waals surface area contributed by atoms with Crippen LogP contribution in [0, 0.1) is 29.6 Å². The Morgan fingerprint density at radius 2 is 1.85 bits per heavy atom. The summed E-state index contributed by atoms with van der Waals surface area (Å²) in [5.74, 6) is 6.57. The van der Waals surface area contributed by atoms with Gasteiger partial charge in [-0.15, -0.1) is 0 Å². The average molecular weight is 271 g/mol. The van der Waals surface area contributed by atoms with Crippen LogP contribution in [0.3, 0.4) is 0 Å². The summed E-state index contributed by atoms with van der Waals surface area (Å²) in [5, 5.41) is 3.45. The highest BCUT2D eigenvalue weighted by Gasteiger charge is 2.48. The second-order valence-electron chi connectivity index (χ2n) is 7.79. The number of fused-ring (bicyclic) bond motifs is 1. The molecule has 4 saturated carbocycles. The molecule has 0 aromatic carbocycles. The number of imidazole rings is 1. The molecule has 5 aliphatic rings. The molecular weight excluding hydrogens is 246 g/mol. The molecular formula is C17H25N3. The fourth-order valence-electron chi connectivity index (χ4n) is 6.02. The number of nitrogens with zero attached hydrogens (tertiary/aromatic N) is 2. The van der Waals surface area contributed by atoms with Gasteiger partial charge in [0.15, 0.2) is 0 Å². The fourth-order valence-corrected chi connectivity index (χ4v) is 6.02. The van der Waals surface area contributed by atoms with Crippen molar-refractivity contribution in [2.24, 2.45) is 29.6 Å². The van der Waals surface area contributed by atoms with E-state index in [4.69, 9.17) is 4.98 Å². The number of rotatable bonds is 2. The molecule has 1 aromatic rings. The molecule has 0 saturated heterocycles. The summed E-state index contributed by atoms with van der Waals surface area (Å²) in [5.41, 5.74) is 1.40. The van der Waals surface area contributed by atoms with Crippen molar-refractivity contribution >= 4 is 0 Å². The Hall–Kier alpha value is -0.830. The van der Waals surface area contributed by atoms with Gasteiger partial charge in [-0.2, -0.15) is 0 Å². The van der Waals surface area contributed by atoms with Crippen LogP contribution < -0.4 is 5.32 Å². The van der Waals surface area contributed by atoms with Crippen LogP contribution in [-0.4, -0.2) is 16.1 Å². The van der Waals surface area contributed by atoms with Crippen LogP contribution in [0.15, 0.2) is 6.20 Å². The monoisotopic (exact) mass is 271 g/mol. The Bertz CT molecular complexity index is 490. The summed E-state index contributed by atoms with van der Waals surface area (Å²) in [6, 6.07) is 0. The standard InChI is InChI=1S/C17H25N3/c1-2-20-15(9-18-1)10-19-17(20)8-16-13-4-11-3-12(6-13)7-14(16)5-11/h10-14,16,18H,1-9H2. The van der Waals surface area contributed by atoms with Crippen LogP contribution in [0.2, 0.25) is 0 Å². The lowest BCUT2D eigenvalue weighted by atomic mass is 9.51. The summed E-state index contributed by atoms with van der Waals surface area (Å²) in [7, 11) is 0. The second kappa shape index (κ2) is 4.33. The topological polar surface area (TPSA) is 29.9 Å². The van der Waals surface area contributed by atoms with Crippen molar-refractivity contribution in [2.75, 3.05) is 6.54 Å². The Balaban J connectivity index is 1.40. The lowest BCUT2D eigenvalue weighted by Gasteiger charge is -2.54. The van der Waals surface area contributed by atoms with Crippen molar-refractivity contribution in [3.8, 4) is 0 Å². The zero-order valence-corrected chi connectivity index (χ0v) is 12.2. The van der Waals surface area contributed by atoms with E-state index in [0.717, 1.165) is 49.2 Å². The van der Waals surface area contributed by atoms with E-state index in [9.17, 15) is 0 Å². The predicted octanol–water partition coefficient (Wildman–Crippen LogP) is 2.60. The van der Waals surface area contributed by atoms with Crippen molar-refractivity contribution in [2.45, 2.75) is 51.6 Å². The normalized spacial score (nSPS) is 41.9. The molecule has 3 heteroatoms. The molecule has 0 radical (unpaired) electrons. The van der Waals surface area contributed by atoms with Crippen molar-refractivity contribution in [3.63, 3.8) is 0 Å². The smallest absolute Gasteiger partial charge is 0.109 e. The van der Waals surface area contributed by atoms with Crippen LogP contribution in [0.5, 0.6) is 0 Å². The number of hydrogen-bond acceptors (Lipinski definition) is 2. The summed E-state index contributed by atoms with van der Waals surface area (Å²) in [6.45, 7) is 3.24. The molecule has 0 unspecified atom stereocenters. The SMILES string of the molecule is c1nc(CC2C3CC4CC(C3)CC2C4)n2c1CNCC2. The molecule has 20 heavy (non-hydrogen) atoms. The molecule has 4 bridgehead atoms. The minimum atomic E-state index is 0.948. The summed E-state index contributed by atoms with van der Waals surface area (Å²) in [4.78, 5) is 4.77. The first-order chi connectivity index (χ1) is 9.87. The molecule has 1 aliphatic heterocycles. The van der Waals surface area contributed by atoms with Crippen molar-refractivity contribution in [1.29, 1.82) is 0 Å². The van der Waals surface area contributed by atoms with E-state index >= 15 is 0 Å². The minimum Gasteiger partial charge on any atom is -0.330 e. The van der Waals surface area contributed by atoms with Gasteiger partial charge in [-0.25, -0.2) is 4.98 Å². The van der Waals surface area contributed by atoms with Gasteiger partial charge in [0.2, 0.25) is 0 Å². The summed E-state index contributed by atoms with van der Waals surface area (Å²) < 4.78 is 2.50. The molecule has 3 nitrogen and oxygen atoms in total. The van der Waals surface area contributed by atoms with Gasteiger partial charge in [-0.3, -0.25) is 0 Å². The average Bonchev–Trinajstić information content (AvgIpc) is 2.85. The molecule has 6 rings (SSSR count). The molecule has 0 spiro atoms. The molecule has 0 atom stereocenters. The molecule has 1 aromatic heterocycles. The molecule has 1 N–H and O–H groups in total. The number of nitrogens with one attached hydrogen (secondary N) is 1. The van der Waals surface area contributed by atoms with Crippen molar-refractivity contribution in [3.05, 3.63) is 17.7 Å². The first kappa shape index (κ1) is 11.8. The third kappa shape index (κ3) is 1.71. The van der Waals surface area contributed by atoms with Gasteiger partial charge < -0.3 is 9.88 Å². The Morgan fingerprint density at radius 1 is 1.10 bits per heavy atom. The van der Waals surface area contributed by atoms with E-state index < -0.39 is 0 Å². The zero-order chi connectivity index (χ0) is 13.1. The molecule has 0 amide bonds. The maximum atomic E-state index is 4.77. The van der Waals surface area contributed by atoms with Crippen LogP contribution in [0.1, 0.15) is 43.6 Å². The molecule has 108 valence electrons. The van der Waals surface area contributed by atoms with Gasteiger partial charge in [-0.1, -0.05) is 0 Å². The Kier molecular flexibility index (Phi) is 2.55. The number of hydrogen-bond donors (Lipinski definition) is 1. The van der Waals surface area contributed by atoms with Crippen LogP contribution >= 0.6 is 0 Å². The highest BCUT2D eigenvalue weighted by Crippen LogP contribution is 2.57. The van der Waals surface area contributed by atoms with E-state index in [1.165, 1.54) is 43.6 Å². The van der Waals surface area contributed by atoms with Gasteiger partial charge >= 0.3 is 0 Å². The summed E-state index contributed by atoms with van der Waals surface area (Å²) in [6.07, 6.45) is 11.1. The predicted molar refractivity (Wildman–Crippen MR) is 78.2 cm³/mol. The van der Waals surface area contributed by atoms with Gasteiger partial charge in [0, 0.05) is 32.3 Å². The largest absolute Gasteiger partial charge is 0.330 e. The van der Waals surface area contributed by atoms with E-state index in [0.29, 0.717) is 0 Å². The zero-order valence-electron chi connectivity index (χ0n) is 12.2. The van der Waals surface area contributed by atoms with Gasteiger partial charge in [0.25, 0.3) is 0 Å². The lowest BCUT2D eigenvalue weighted by molar-refractivity contribution is -0.0370. The fraction of sp³-hybridized carbons (Fsp3) is 0.824. The van der Waals surface area contributed by atoms with Crippen LogP contribution in [-0.2, 0) is 19.5 Å². The highest BCUT2D eigenvalue weighted by molar-refractivity contribution is 5.10.